The molecule has 1 aliphatic heterocycles. The maximum absolute atomic E-state index is 6.12. The molecule has 4 heteroatoms. The van der Waals surface area contributed by atoms with Gasteiger partial charge in [0.25, 0.3) is 0 Å². The van der Waals surface area contributed by atoms with Gasteiger partial charge in [0.05, 0.1) is 17.1 Å². The van der Waals surface area contributed by atoms with Crippen molar-refractivity contribution in [2.45, 2.75) is 0 Å². The highest BCUT2D eigenvalue weighted by molar-refractivity contribution is 9.10. The molecule has 3 aromatic carbocycles. The van der Waals surface area contributed by atoms with Crippen LogP contribution < -0.4 is 9.64 Å². The van der Waals surface area contributed by atoms with Crippen LogP contribution in [0.3, 0.4) is 0 Å². The van der Waals surface area contributed by atoms with E-state index >= 15 is 0 Å². The second kappa shape index (κ2) is 5.34. The minimum atomic E-state index is 0.658. The number of hydrogen-bond donors (Lipinski definition) is 0. The molecule has 0 unspecified atom stereocenters. The number of anilines is 3. The summed E-state index contributed by atoms with van der Waals surface area (Å²) < 4.78 is 7.03. The Morgan fingerprint density at radius 3 is 2.27 bits per heavy atom. The summed E-state index contributed by atoms with van der Waals surface area (Å²) in [6.45, 7) is 0. The summed E-state index contributed by atoms with van der Waals surface area (Å²) in [5.74, 6) is 1.56. The van der Waals surface area contributed by atoms with Crippen LogP contribution in [0.15, 0.2) is 71.2 Å². The summed E-state index contributed by atoms with van der Waals surface area (Å²) in [4.78, 5) is 2.18. The van der Waals surface area contributed by atoms with Gasteiger partial charge < -0.3 is 9.64 Å². The topological polar surface area (TPSA) is 12.5 Å². The largest absolute Gasteiger partial charge is 0.453 e. The highest BCUT2D eigenvalue weighted by Gasteiger charge is 2.26. The van der Waals surface area contributed by atoms with Crippen LogP contribution in [0.5, 0.6) is 11.5 Å². The lowest BCUT2D eigenvalue weighted by Gasteiger charge is -2.33. The summed E-state index contributed by atoms with van der Waals surface area (Å²) in [6.07, 6.45) is 0. The Morgan fingerprint density at radius 1 is 0.773 bits per heavy atom. The van der Waals surface area contributed by atoms with Gasteiger partial charge in [0.2, 0.25) is 0 Å². The number of para-hydroxylation sites is 3. The molecule has 0 saturated carbocycles. The molecule has 1 heterocycles. The number of halogens is 2. The highest BCUT2D eigenvalue weighted by atomic mass is 79.9. The van der Waals surface area contributed by atoms with Crippen molar-refractivity contribution in [2.24, 2.45) is 0 Å². The number of benzene rings is 3. The molecule has 4 rings (SSSR count). The normalized spacial score (nSPS) is 12.4. The zero-order valence-electron chi connectivity index (χ0n) is 11.5. The first-order chi connectivity index (χ1) is 10.7. The maximum atomic E-state index is 6.12. The zero-order valence-corrected chi connectivity index (χ0v) is 13.8. The van der Waals surface area contributed by atoms with E-state index in [0.717, 1.165) is 33.0 Å². The number of hydrogen-bond acceptors (Lipinski definition) is 2. The zero-order chi connectivity index (χ0) is 15.1. The van der Waals surface area contributed by atoms with E-state index in [1.807, 2.05) is 60.7 Å². The molecule has 0 aliphatic carbocycles. The van der Waals surface area contributed by atoms with Crippen molar-refractivity contribution >= 4 is 44.6 Å². The van der Waals surface area contributed by atoms with Gasteiger partial charge in [-0.15, -0.1) is 0 Å². The Labute approximate surface area is 142 Å². The third-order valence-corrected chi connectivity index (χ3v) is 4.49. The quantitative estimate of drug-likeness (QED) is 0.369. The van der Waals surface area contributed by atoms with Gasteiger partial charge in [0, 0.05) is 15.6 Å². The maximum Gasteiger partial charge on any atom is 0.153 e. The van der Waals surface area contributed by atoms with Gasteiger partial charge >= 0.3 is 0 Å². The van der Waals surface area contributed by atoms with E-state index in [4.69, 9.17) is 16.3 Å². The van der Waals surface area contributed by atoms with E-state index in [1.165, 1.54) is 0 Å². The molecular formula is C18H11BrClNO. The predicted octanol–water partition coefficient (Wildman–Crippen LogP) is 6.68. The number of ether oxygens (including phenoxy) is 1. The van der Waals surface area contributed by atoms with Crippen LogP contribution in [0.4, 0.5) is 17.1 Å². The minimum Gasteiger partial charge on any atom is -0.453 e. The van der Waals surface area contributed by atoms with E-state index in [1.54, 1.807) is 0 Å². The van der Waals surface area contributed by atoms with Crippen molar-refractivity contribution in [3.63, 3.8) is 0 Å². The van der Waals surface area contributed by atoms with Crippen LogP contribution in [0.1, 0.15) is 0 Å². The second-order valence-corrected chi connectivity index (χ2v) is 6.26. The molecule has 22 heavy (non-hydrogen) atoms. The Bertz CT molecular complexity index is 854. The minimum absolute atomic E-state index is 0.658. The second-order valence-electron chi connectivity index (χ2n) is 4.97. The average Bonchev–Trinajstić information content (AvgIpc) is 2.53. The molecule has 108 valence electrons. The van der Waals surface area contributed by atoms with Crippen LogP contribution in [0.2, 0.25) is 5.02 Å². The third kappa shape index (κ3) is 2.18. The summed E-state index contributed by atoms with van der Waals surface area (Å²) in [5.41, 5.74) is 3.03. The van der Waals surface area contributed by atoms with Crippen molar-refractivity contribution in [3.8, 4) is 11.5 Å². The summed E-state index contributed by atoms with van der Waals surface area (Å²) in [6, 6.07) is 21.8. The molecule has 0 amide bonds. The van der Waals surface area contributed by atoms with E-state index in [2.05, 4.69) is 26.9 Å². The van der Waals surface area contributed by atoms with Crippen molar-refractivity contribution in [1.82, 2.24) is 0 Å². The molecule has 0 fully saturated rings. The first-order valence-corrected chi connectivity index (χ1v) is 8.02. The lowest BCUT2D eigenvalue weighted by Crippen LogP contribution is -2.16. The van der Waals surface area contributed by atoms with Crippen molar-refractivity contribution in [2.75, 3.05) is 4.90 Å². The number of fused-ring (bicyclic) bond motifs is 2. The molecule has 0 spiro atoms. The predicted molar refractivity (Wildman–Crippen MR) is 93.9 cm³/mol. The molecule has 0 N–H and O–H groups in total. The van der Waals surface area contributed by atoms with Gasteiger partial charge in [-0.25, -0.2) is 0 Å². The van der Waals surface area contributed by atoms with E-state index in [9.17, 15) is 0 Å². The monoisotopic (exact) mass is 371 g/mol. The van der Waals surface area contributed by atoms with Gasteiger partial charge in [-0.3, -0.25) is 0 Å². The first-order valence-electron chi connectivity index (χ1n) is 6.85. The van der Waals surface area contributed by atoms with Gasteiger partial charge in [-0.1, -0.05) is 35.9 Å². The van der Waals surface area contributed by atoms with E-state index < -0.39 is 0 Å². The summed E-state index contributed by atoms with van der Waals surface area (Å²) in [5, 5.41) is 0.658. The van der Waals surface area contributed by atoms with E-state index in [0.29, 0.717) is 5.02 Å². The van der Waals surface area contributed by atoms with Crippen LogP contribution in [-0.2, 0) is 0 Å². The molecule has 0 bridgehead atoms. The molecular weight excluding hydrogens is 362 g/mol. The molecule has 1 aliphatic rings. The van der Waals surface area contributed by atoms with Gasteiger partial charge in [0.15, 0.2) is 11.5 Å². The molecule has 0 atom stereocenters. The Morgan fingerprint density at radius 2 is 1.45 bits per heavy atom. The summed E-state index contributed by atoms with van der Waals surface area (Å²) in [7, 11) is 0. The Kier molecular flexibility index (Phi) is 3.32. The van der Waals surface area contributed by atoms with Crippen molar-refractivity contribution in [3.05, 3.63) is 76.2 Å². The van der Waals surface area contributed by atoms with Crippen LogP contribution in [0, 0.1) is 0 Å². The van der Waals surface area contributed by atoms with Crippen LogP contribution >= 0.6 is 27.5 Å². The smallest absolute Gasteiger partial charge is 0.153 e. The molecule has 2 nitrogen and oxygen atoms in total. The summed E-state index contributed by atoms with van der Waals surface area (Å²) >= 11 is 9.76. The van der Waals surface area contributed by atoms with Crippen molar-refractivity contribution in [1.29, 1.82) is 0 Å². The van der Waals surface area contributed by atoms with Gasteiger partial charge in [0.1, 0.15) is 0 Å². The van der Waals surface area contributed by atoms with Crippen LogP contribution in [0.25, 0.3) is 0 Å². The molecule has 0 aromatic heterocycles. The molecule has 0 saturated heterocycles. The number of rotatable bonds is 1. The third-order valence-electron chi connectivity index (χ3n) is 3.58. The lowest BCUT2D eigenvalue weighted by molar-refractivity contribution is 0.477. The SMILES string of the molecule is Clc1ccc2c(c1)Oc1ccccc1N2c1ccccc1Br. The number of nitrogens with zero attached hydrogens (tertiary/aromatic N) is 1. The molecule has 3 aromatic rings. The Balaban J connectivity index is 2.00. The van der Waals surface area contributed by atoms with Crippen LogP contribution in [-0.4, -0.2) is 0 Å². The fourth-order valence-electron chi connectivity index (χ4n) is 2.62. The van der Waals surface area contributed by atoms with E-state index in [-0.39, 0.29) is 0 Å². The van der Waals surface area contributed by atoms with Crippen molar-refractivity contribution < 1.29 is 4.74 Å². The molecule has 0 radical (unpaired) electrons. The Hall–Kier alpha value is -1.97. The average molecular weight is 373 g/mol. The fraction of sp³-hybridized carbons (Fsp3) is 0. The standard InChI is InChI=1S/C18H11BrClNO/c19-13-5-1-2-6-14(13)21-15-7-3-4-8-17(15)22-18-11-12(20)9-10-16(18)21/h1-11H. The van der Waals surface area contributed by atoms with Gasteiger partial charge in [-0.2, -0.15) is 0 Å². The fourth-order valence-corrected chi connectivity index (χ4v) is 3.25. The highest BCUT2D eigenvalue weighted by Crippen LogP contribution is 2.51. The van der Waals surface area contributed by atoms with Gasteiger partial charge in [-0.05, 0) is 52.3 Å². The lowest BCUT2D eigenvalue weighted by atomic mass is 10.1. The first kappa shape index (κ1) is 13.7.